The van der Waals surface area contributed by atoms with Gasteiger partial charge in [-0.05, 0) is 31.3 Å². The van der Waals surface area contributed by atoms with Crippen LogP contribution in [0.25, 0.3) is 0 Å². The fourth-order valence-corrected chi connectivity index (χ4v) is 3.33. The first-order valence-corrected chi connectivity index (χ1v) is 7.14. The molecule has 2 rings (SSSR count). The number of ether oxygens (including phenoxy) is 2. The van der Waals surface area contributed by atoms with Gasteiger partial charge < -0.3 is 9.47 Å². The fraction of sp³-hybridized carbons (Fsp3) is 0.857. The summed E-state index contributed by atoms with van der Waals surface area (Å²) in [5.41, 5.74) is 4.09. The Kier molecular flexibility index (Phi) is 5.03. The van der Waals surface area contributed by atoms with Gasteiger partial charge in [0.05, 0.1) is 24.5 Å². The summed E-state index contributed by atoms with van der Waals surface area (Å²) in [6.07, 6.45) is 11.2. The second-order valence-corrected chi connectivity index (χ2v) is 5.45. The molecule has 1 saturated carbocycles. The molecule has 1 atom stereocenters. The predicted molar refractivity (Wildman–Crippen MR) is 71.8 cm³/mol. The molecule has 0 aromatic carbocycles. The monoisotopic (exact) mass is 254 g/mol. The summed E-state index contributed by atoms with van der Waals surface area (Å²) in [4.78, 5) is 0. The van der Waals surface area contributed by atoms with Gasteiger partial charge >= 0.3 is 0 Å². The number of methoxy groups -OCH3 is 1. The number of hydrazine groups is 1. The van der Waals surface area contributed by atoms with Crippen molar-refractivity contribution in [3.05, 3.63) is 11.8 Å². The van der Waals surface area contributed by atoms with Crippen molar-refractivity contribution in [3.63, 3.8) is 0 Å². The SMILES string of the molecule is COC1(C(NN)C2=COCCC2)CCCCCC1. The van der Waals surface area contributed by atoms with Gasteiger partial charge in [-0.15, -0.1) is 0 Å². The fourth-order valence-electron chi connectivity index (χ4n) is 3.33. The van der Waals surface area contributed by atoms with E-state index >= 15 is 0 Å². The Balaban J connectivity index is 2.18. The van der Waals surface area contributed by atoms with Crippen molar-refractivity contribution in [1.82, 2.24) is 5.43 Å². The van der Waals surface area contributed by atoms with Gasteiger partial charge in [0, 0.05) is 7.11 Å². The lowest BCUT2D eigenvalue weighted by atomic mass is 9.81. The van der Waals surface area contributed by atoms with E-state index in [-0.39, 0.29) is 11.6 Å². The maximum Gasteiger partial charge on any atom is 0.0883 e. The summed E-state index contributed by atoms with van der Waals surface area (Å²) in [5, 5.41) is 0. The molecule has 1 aliphatic heterocycles. The van der Waals surface area contributed by atoms with Gasteiger partial charge in [-0.2, -0.15) is 0 Å². The van der Waals surface area contributed by atoms with Crippen LogP contribution in [-0.2, 0) is 9.47 Å². The van der Waals surface area contributed by atoms with Gasteiger partial charge in [0.25, 0.3) is 0 Å². The second-order valence-electron chi connectivity index (χ2n) is 5.45. The first-order chi connectivity index (χ1) is 8.82. The molecular formula is C14H26N2O2. The second kappa shape index (κ2) is 6.55. The molecule has 0 bridgehead atoms. The van der Waals surface area contributed by atoms with E-state index in [1.54, 1.807) is 0 Å². The zero-order chi connectivity index (χ0) is 12.8. The zero-order valence-electron chi connectivity index (χ0n) is 11.4. The predicted octanol–water partition coefficient (Wildman–Crippen LogP) is 2.25. The van der Waals surface area contributed by atoms with Crippen LogP contribution in [-0.4, -0.2) is 25.4 Å². The highest BCUT2D eigenvalue weighted by Gasteiger charge is 2.41. The summed E-state index contributed by atoms with van der Waals surface area (Å²) in [7, 11) is 1.82. The van der Waals surface area contributed by atoms with Crippen molar-refractivity contribution in [2.45, 2.75) is 63.0 Å². The maximum atomic E-state index is 5.93. The molecule has 0 radical (unpaired) electrons. The van der Waals surface area contributed by atoms with Crippen molar-refractivity contribution in [3.8, 4) is 0 Å². The Hall–Kier alpha value is -0.580. The topological polar surface area (TPSA) is 56.5 Å². The lowest BCUT2D eigenvalue weighted by Gasteiger charge is -2.40. The largest absolute Gasteiger partial charge is 0.501 e. The molecule has 1 aliphatic carbocycles. The van der Waals surface area contributed by atoms with Crippen LogP contribution in [0.1, 0.15) is 51.4 Å². The molecule has 0 aromatic heterocycles. The highest BCUT2D eigenvalue weighted by molar-refractivity contribution is 5.17. The third kappa shape index (κ3) is 2.87. The lowest BCUT2D eigenvalue weighted by molar-refractivity contribution is -0.0457. The van der Waals surface area contributed by atoms with Gasteiger partial charge in [0.15, 0.2) is 0 Å². The summed E-state index contributed by atoms with van der Waals surface area (Å²) in [6.45, 7) is 0.820. The van der Waals surface area contributed by atoms with Gasteiger partial charge in [-0.25, -0.2) is 0 Å². The molecular weight excluding hydrogens is 228 g/mol. The van der Waals surface area contributed by atoms with E-state index in [4.69, 9.17) is 15.3 Å². The minimum Gasteiger partial charge on any atom is -0.501 e. The van der Waals surface area contributed by atoms with Gasteiger partial charge in [0.1, 0.15) is 0 Å². The van der Waals surface area contributed by atoms with Crippen LogP contribution in [0.5, 0.6) is 0 Å². The van der Waals surface area contributed by atoms with E-state index in [1.807, 2.05) is 13.4 Å². The van der Waals surface area contributed by atoms with E-state index in [0.29, 0.717) is 0 Å². The van der Waals surface area contributed by atoms with E-state index in [0.717, 1.165) is 32.3 Å². The molecule has 1 unspecified atom stereocenters. The molecule has 4 nitrogen and oxygen atoms in total. The quantitative estimate of drug-likeness (QED) is 0.459. The van der Waals surface area contributed by atoms with E-state index in [2.05, 4.69) is 5.43 Å². The third-order valence-electron chi connectivity index (χ3n) is 4.38. The minimum absolute atomic E-state index is 0.0842. The van der Waals surface area contributed by atoms with Crippen LogP contribution < -0.4 is 11.3 Å². The van der Waals surface area contributed by atoms with E-state index in [9.17, 15) is 0 Å². The Morgan fingerprint density at radius 3 is 2.50 bits per heavy atom. The molecule has 0 aromatic rings. The number of nitrogens with two attached hydrogens (primary N) is 1. The van der Waals surface area contributed by atoms with Crippen LogP contribution >= 0.6 is 0 Å². The summed E-state index contributed by atoms with van der Waals surface area (Å²) in [6, 6.07) is 0.0842. The van der Waals surface area contributed by atoms with E-state index in [1.165, 1.54) is 31.3 Å². The van der Waals surface area contributed by atoms with Crippen LogP contribution in [0.4, 0.5) is 0 Å². The molecule has 1 fully saturated rings. The molecule has 0 amide bonds. The number of rotatable bonds is 4. The van der Waals surface area contributed by atoms with Gasteiger partial charge in [-0.1, -0.05) is 25.7 Å². The molecule has 18 heavy (non-hydrogen) atoms. The van der Waals surface area contributed by atoms with Crippen LogP contribution in [0.15, 0.2) is 11.8 Å². The molecule has 3 N–H and O–H groups in total. The van der Waals surface area contributed by atoms with Crippen LogP contribution in [0.3, 0.4) is 0 Å². The standard InChI is InChI=1S/C14H26N2O2/c1-17-14(8-4-2-3-5-9-14)13(16-15)12-7-6-10-18-11-12/h11,13,16H,2-10,15H2,1H3. The highest BCUT2D eigenvalue weighted by atomic mass is 16.5. The molecule has 4 heteroatoms. The summed E-state index contributed by atoms with van der Waals surface area (Å²) < 4.78 is 11.4. The van der Waals surface area contributed by atoms with Gasteiger partial charge in [-0.3, -0.25) is 11.3 Å². The maximum absolute atomic E-state index is 5.93. The van der Waals surface area contributed by atoms with Gasteiger partial charge in [0.2, 0.25) is 0 Å². The van der Waals surface area contributed by atoms with Crippen molar-refractivity contribution in [2.24, 2.45) is 5.84 Å². The molecule has 0 spiro atoms. The highest BCUT2D eigenvalue weighted by Crippen LogP contribution is 2.36. The smallest absolute Gasteiger partial charge is 0.0883 e. The molecule has 104 valence electrons. The number of hydrogen-bond donors (Lipinski definition) is 2. The number of nitrogens with one attached hydrogen (secondary N) is 1. The average molecular weight is 254 g/mol. The normalized spacial score (nSPS) is 25.8. The van der Waals surface area contributed by atoms with Crippen molar-refractivity contribution in [2.75, 3.05) is 13.7 Å². The average Bonchev–Trinajstić information content (AvgIpc) is 2.67. The Labute approximate surface area is 110 Å². The van der Waals surface area contributed by atoms with Crippen molar-refractivity contribution >= 4 is 0 Å². The molecule has 2 aliphatic rings. The van der Waals surface area contributed by atoms with Crippen LogP contribution in [0.2, 0.25) is 0 Å². The first kappa shape index (κ1) is 13.8. The summed E-state index contributed by atoms with van der Waals surface area (Å²) >= 11 is 0. The molecule has 0 saturated heterocycles. The minimum atomic E-state index is -0.155. The summed E-state index contributed by atoms with van der Waals surface area (Å²) in [5.74, 6) is 5.82. The third-order valence-corrected chi connectivity index (χ3v) is 4.38. The molecule has 1 heterocycles. The van der Waals surface area contributed by atoms with E-state index < -0.39 is 0 Å². The zero-order valence-corrected chi connectivity index (χ0v) is 11.4. The van der Waals surface area contributed by atoms with Crippen molar-refractivity contribution < 1.29 is 9.47 Å². The Morgan fingerprint density at radius 2 is 2.00 bits per heavy atom. The van der Waals surface area contributed by atoms with Crippen molar-refractivity contribution in [1.29, 1.82) is 0 Å². The number of hydrogen-bond acceptors (Lipinski definition) is 4. The van der Waals surface area contributed by atoms with Crippen LogP contribution in [0, 0.1) is 0 Å². The Bertz CT molecular complexity index is 284. The first-order valence-electron chi connectivity index (χ1n) is 7.14. The Morgan fingerprint density at radius 1 is 1.28 bits per heavy atom. The lowest BCUT2D eigenvalue weighted by Crippen LogP contribution is -2.55.